The van der Waals surface area contributed by atoms with Crippen molar-refractivity contribution in [3.63, 3.8) is 0 Å². The summed E-state index contributed by atoms with van der Waals surface area (Å²) in [4.78, 5) is 0. The van der Waals surface area contributed by atoms with Crippen molar-refractivity contribution < 1.29 is 0 Å². The Kier molecular flexibility index (Phi) is 3.89. The minimum atomic E-state index is 0.672. The van der Waals surface area contributed by atoms with Crippen LogP contribution < -0.4 is 0 Å². The molecule has 0 aromatic heterocycles. The van der Waals surface area contributed by atoms with Crippen LogP contribution in [0.4, 0.5) is 0 Å². The molecule has 0 heterocycles. The van der Waals surface area contributed by atoms with Crippen molar-refractivity contribution in [1.29, 1.82) is 0 Å². The number of halogens is 1. The van der Waals surface area contributed by atoms with Crippen LogP contribution in [0.25, 0.3) is 0 Å². The van der Waals surface area contributed by atoms with Gasteiger partial charge in [-0.3, -0.25) is 0 Å². The highest BCUT2D eigenvalue weighted by Crippen LogP contribution is 2.09. The Morgan fingerprint density at radius 1 is 1.25 bits per heavy atom. The van der Waals surface area contributed by atoms with Gasteiger partial charge in [-0.25, -0.2) is 0 Å². The highest BCUT2D eigenvalue weighted by atomic mass is 35.5. The molecule has 64 valence electrons. The van der Waals surface area contributed by atoms with Gasteiger partial charge in [-0.1, -0.05) is 42.5 Å². The van der Waals surface area contributed by atoms with Crippen LogP contribution in [0.1, 0.15) is 12.0 Å². The van der Waals surface area contributed by atoms with Gasteiger partial charge in [0.1, 0.15) is 0 Å². The third-order valence-corrected chi connectivity index (χ3v) is 1.93. The minimum absolute atomic E-state index is 0.672. The number of hydrogen-bond donors (Lipinski definition) is 0. The second-order valence-electron chi connectivity index (χ2n) is 2.85. The van der Waals surface area contributed by atoms with Crippen LogP contribution in [-0.2, 0) is 6.42 Å². The number of rotatable bonds is 4. The van der Waals surface area contributed by atoms with E-state index in [1.807, 2.05) is 18.2 Å². The average Bonchev–Trinajstić information content (AvgIpc) is 2.06. The lowest BCUT2D eigenvalue weighted by atomic mass is 10.1. The summed E-state index contributed by atoms with van der Waals surface area (Å²) in [7, 11) is 0. The van der Waals surface area contributed by atoms with E-state index in [2.05, 4.69) is 18.7 Å². The van der Waals surface area contributed by atoms with Crippen LogP contribution in [0.3, 0.4) is 0 Å². The Bertz CT molecular complexity index is 238. The molecule has 0 radical (unpaired) electrons. The summed E-state index contributed by atoms with van der Waals surface area (Å²) in [5.41, 5.74) is 2.52. The molecule has 0 nitrogen and oxygen atoms in total. The van der Waals surface area contributed by atoms with Crippen LogP contribution in [0, 0.1) is 0 Å². The van der Waals surface area contributed by atoms with E-state index in [1.165, 1.54) is 11.1 Å². The molecule has 1 aromatic rings. The summed E-state index contributed by atoms with van der Waals surface area (Å²) < 4.78 is 0. The molecule has 0 fully saturated rings. The number of benzene rings is 1. The Morgan fingerprint density at radius 3 is 2.50 bits per heavy atom. The zero-order chi connectivity index (χ0) is 8.81. The van der Waals surface area contributed by atoms with Crippen LogP contribution in [0.15, 0.2) is 42.5 Å². The van der Waals surface area contributed by atoms with E-state index in [9.17, 15) is 0 Å². The van der Waals surface area contributed by atoms with Gasteiger partial charge in [0.2, 0.25) is 0 Å². The molecule has 0 unspecified atom stereocenters. The predicted octanol–water partition coefficient (Wildman–Crippen LogP) is 3.41. The Labute approximate surface area is 78.9 Å². The average molecular weight is 181 g/mol. The molecule has 1 aromatic carbocycles. The highest BCUT2D eigenvalue weighted by Gasteiger charge is 1.95. The summed E-state index contributed by atoms with van der Waals surface area (Å²) in [5.74, 6) is 0.672. The topological polar surface area (TPSA) is 0 Å². The lowest BCUT2D eigenvalue weighted by molar-refractivity contribution is 1.02. The van der Waals surface area contributed by atoms with E-state index >= 15 is 0 Å². The SMILES string of the molecule is C=C(CCCl)Cc1ccccc1. The van der Waals surface area contributed by atoms with E-state index < -0.39 is 0 Å². The maximum Gasteiger partial charge on any atom is 0.0260 e. The molecule has 0 saturated carbocycles. The van der Waals surface area contributed by atoms with Crippen molar-refractivity contribution in [1.82, 2.24) is 0 Å². The van der Waals surface area contributed by atoms with Gasteiger partial charge in [-0.2, -0.15) is 0 Å². The molecule has 0 aliphatic rings. The fraction of sp³-hybridized carbons (Fsp3) is 0.273. The fourth-order valence-corrected chi connectivity index (χ4v) is 1.37. The standard InChI is InChI=1S/C11H13Cl/c1-10(7-8-12)9-11-5-3-2-4-6-11/h2-6H,1,7-9H2. The molecular formula is C11H13Cl. The van der Waals surface area contributed by atoms with Crippen LogP contribution >= 0.6 is 11.6 Å². The quantitative estimate of drug-likeness (QED) is 0.492. The third kappa shape index (κ3) is 3.10. The van der Waals surface area contributed by atoms with Crippen molar-refractivity contribution in [2.75, 3.05) is 5.88 Å². The molecule has 0 aliphatic carbocycles. The summed E-state index contributed by atoms with van der Waals surface area (Å²) in [6.45, 7) is 3.96. The molecule has 1 heteroatoms. The second-order valence-corrected chi connectivity index (χ2v) is 3.23. The van der Waals surface area contributed by atoms with Crippen molar-refractivity contribution in [2.45, 2.75) is 12.8 Å². The number of hydrogen-bond acceptors (Lipinski definition) is 0. The number of alkyl halides is 1. The molecule has 0 spiro atoms. The molecule has 0 aliphatic heterocycles. The molecule has 12 heavy (non-hydrogen) atoms. The molecular weight excluding hydrogens is 168 g/mol. The van der Waals surface area contributed by atoms with E-state index in [-0.39, 0.29) is 0 Å². The Morgan fingerprint density at radius 2 is 1.92 bits per heavy atom. The molecule has 0 N–H and O–H groups in total. The van der Waals surface area contributed by atoms with Crippen molar-refractivity contribution in [3.05, 3.63) is 48.0 Å². The van der Waals surface area contributed by atoms with Crippen LogP contribution in [0.5, 0.6) is 0 Å². The second kappa shape index (κ2) is 5.00. The van der Waals surface area contributed by atoms with Gasteiger partial charge in [-0.15, -0.1) is 11.6 Å². The maximum absolute atomic E-state index is 5.60. The summed E-state index contributed by atoms with van der Waals surface area (Å²) in [6, 6.07) is 10.3. The summed E-state index contributed by atoms with van der Waals surface area (Å²) in [6.07, 6.45) is 1.87. The van der Waals surface area contributed by atoms with E-state index in [4.69, 9.17) is 11.6 Å². The van der Waals surface area contributed by atoms with Gasteiger partial charge in [0, 0.05) is 5.88 Å². The van der Waals surface area contributed by atoms with E-state index in [0.717, 1.165) is 12.8 Å². The first-order chi connectivity index (χ1) is 5.83. The zero-order valence-electron chi connectivity index (χ0n) is 7.09. The van der Waals surface area contributed by atoms with Crippen molar-refractivity contribution >= 4 is 11.6 Å². The smallest absolute Gasteiger partial charge is 0.0260 e. The predicted molar refractivity (Wildman–Crippen MR) is 54.6 cm³/mol. The summed E-state index contributed by atoms with van der Waals surface area (Å²) in [5, 5.41) is 0. The van der Waals surface area contributed by atoms with Gasteiger partial charge < -0.3 is 0 Å². The van der Waals surface area contributed by atoms with Gasteiger partial charge in [0.15, 0.2) is 0 Å². The fourth-order valence-electron chi connectivity index (χ4n) is 1.11. The molecule has 0 amide bonds. The first-order valence-corrected chi connectivity index (χ1v) is 4.63. The highest BCUT2D eigenvalue weighted by molar-refractivity contribution is 6.17. The lowest BCUT2D eigenvalue weighted by Crippen LogP contribution is -1.89. The van der Waals surface area contributed by atoms with Gasteiger partial charge in [-0.05, 0) is 18.4 Å². The van der Waals surface area contributed by atoms with Crippen LogP contribution in [-0.4, -0.2) is 5.88 Å². The molecule has 0 atom stereocenters. The van der Waals surface area contributed by atoms with Crippen molar-refractivity contribution in [2.24, 2.45) is 0 Å². The monoisotopic (exact) mass is 180 g/mol. The zero-order valence-corrected chi connectivity index (χ0v) is 7.85. The normalized spacial score (nSPS) is 9.75. The maximum atomic E-state index is 5.60. The molecule has 0 saturated heterocycles. The first kappa shape index (κ1) is 9.34. The Balaban J connectivity index is 2.47. The van der Waals surface area contributed by atoms with E-state index in [0.29, 0.717) is 5.88 Å². The number of allylic oxidation sites excluding steroid dienone is 1. The first-order valence-electron chi connectivity index (χ1n) is 4.09. The van der Waals surface area contributed by atoms with E-state index in [1.54, 1.807) is 0 Å². The van der Waals surface area contributed by atoms with Gasteiger partial charge in [0.05, 0.1) is 0 Å². The minimum Gasteiger partial charge on any atom is -0.126 e. The molecule has 0 bridgehead atoms. The largest absolute Gasteiger partial charge is 0.126 e. The molecule has 1 rings (SSSR count). The lowest BCUT2D eigenvalue weighted by Gasteiger charge is -2.02. The summed E-state index contributed by atoms with van der Waals surface area (Å²) >= 11 is 5.60. The Hall–Kier alpha value is -0.750. The van der Waals surface area contributed by atoms with Gasteiger partial charge >= 0.3 is 0 Å². The van der Waals surface area contributed by atoms with Crippen molar-refractivity contribution in [3.8, 4) is 0 Å². The van der Waals surface area contributed by atoms with Gasteiger partial charge in [0.25, 0.3) is 0 Å². The third-order valence-electron chi connectivity index (χ3n) is 1.74. The van der Waals surface area contributed by atoms with Crippen LogP contribution in [0.2, 0.25) is 0 Å².